The van der Waals surface area contributed by atoms with E-state index in [0.717, 1.165) is 23.5 Å². The summed E-state index contributed by atoms with van der Waals surface area (Å²) >= 11 is 0. The van der Waals surface area contributed by atoms with Gasteiger partial charge in [-0.1, -0.05) is 35.9 Å². The van der Waals surface area contributed by atoms with Gasteiger partial charge in [-0.2, -0.15) is 0 Å². The summed E-state index contributed by atoms with van der Waals surface area (Å²) < 4.78 is 5.78. The van der Waals surface area contributed by atoms with Gasteiger partial charge in [-0.3, -0.25) is 4.79 Å². The largest absolute Gasteiger partial charge is 0.481 e. The lowest BCUT2D eigenvalue weighted by molar-refractivity contribution is -0.127. The first-order valence-corrected chi connectivity index (χ1v) is 8.25. The summed E-state index contributed by atoms with van der Waals surface area (Å²) in [5.74, 6) is 0.654. The van der Waals surface area contributed by atoms with Gasteiger partial charge < -0.3 is 15.0 Å². The summed E-state index contributed by atoms with van der Waals surface area (Å²) in [5.41, 5.74) is 3.35. The van der Waals surface area contributed by atoms with Gasteiger partial charge in [-0.25, -0.2) is 0 Å². The number of rotatable bonds is 7. The van der Waals surface area contributed by atoms with Gasteiger partial charge in [-0.15, -0.1) is 0 Å². The molecule has 0 fully saturated rings. The van der Waals surface area contributed by atoms with E-state index in [1.807, 2.05) is 63.4 Å². The molecule has 2 aromatic rings. The molecule has 2 rings (SSSR count). The van der Waals surface area contributed by atoms with Crippen LogP contribution in [0.15, 0.2) is 48.5 Å². The quantitative estimate of drug-likeness (QED) is 0.848. The number of likely N-dealkylation sites (N-methyl/N-ethyl adjacent to an activating group) is 1. The molecule has 0 radical (unpaired) electrons. The Bertz CT molecular complexity index is 671. The number of hydrogen-bond acceptors (Lipinski definition) is 3. The first-order valence-electron chi connectivity index (χ1n) is 8.25. The molecule has 0 heterocycles. The summed E-state index contributed by atoms with van der Waals surface area (Å²) in [6.45, 7) is 7.12. The van der Waals surface area contributed by atoms with Crippen LogP contribution in [-0.4, -0.2) is 32.1 Å². The zero-order valence-electron chi connectivity index (χ0n) is 14.9. The molecule has 0 aliphatic heterocycles. The van der Waals surface area contributed by atoms with Crippen LogP contribution in [0.25, 0.3) is 0 Å². The van der Waals surface area contributed by atoms with E-state index in [9.17, 15) is 4.79 Å². The van der Waals surface area contributed by atoms with Crippen molar-refractivity contribution in [1.82, 2.24) is 5.32 Å². The van der Waals surface area contributed by atoms with Gasteiger partial charge in [0.1, 0.15) is 5.75 Å². The van der Waals surface area contributed by atoms with Crippen LogP contribution in [0.5, 0.6) is 5.75 Å². The fourth-order valence-corrected chi connectivity index (χ4v) is 2.48. The fourth-order valence-electron chi connectivity index (χ4n) is 2.48. The Kier molecular flexibility index (Phi) is 6.24. The zero-order chi connectivity index (χ0) is 17.5. The predicted molar refractivity (Wildman–Crippen MR) is 98.7 cm³/mol. The fraction of sp³-hybridized carbons (Fsp3) is 0.350. The summed E-state index contributed by atoms with van der Waals surface area (Å²) in [7, 11) is 2.01. The van der Waals surface area contributed by atoms with E-state index in [1.165, 1.54) is 5.56 Å². The van der Waals surface area contributed by atoms with Gasteiger partial charge in [0.15, 0.2) is 6.10 Å². The predicted octanol–water partition coefficient (Wildman–Crippen LogP) is 3.32. The number of carbonyl (C=O) groups is 1. The van der Waals surface area contributed by atoms with Crippen LogP contribution in [0.4, 0.5) is 5.69 Å². The lowest BCUT2D eigenvalue weighted by Gasteiger charge is -2.21. The lowest BCUT2D eigenvalue weighted by Crippen LogP contribution is -2.40. The average molecular weight is 326 g/mol. The first-order chi connectivity index (χ1) is 11.5. The third-order valence-corrected chi connectivity index (χ3v) is 3.95. The van der Waals surface area contributed by atoms with Crippen LogP contribution < -0.4 is 15.0 Å². The second-order valence-corrected chi connectivity index (χ2v) is 6.08. The van der Waals surface area contributed by atoms with Crippen LogP contribution in [0.2, 0.25) is 0 Å². The third-order valence-electron chi connectivity index (χ3n) is 3.95. The molecule has 128 valence electrons. The number of nitrogens with zero attached hydrogens (tertiary/aromatic N) is 1. The number of hydrogen-bond donors (Lipinski definition) is 1. The lowest BCUT2D eigenvalue weighted by atomic mass is 10.1. The molecule has 0 unspecified atom stereocenters. The molecule has 0 aromatic heterocycles. The summed E-state index contributed by atoms with van der Waals surface area (Å²) in [6, 6.07) is 16.1. The van der Waals surface area contributed by atoms with E-state index in [-0.39, 0.29) is 5.91 Å². The zero-order valence-corrected chi connectivity index (χ0v) is 14.9. The molecule has 0 spiro atoms. The Hall–Kier alpha value is -2.49. The molecule has 0 saturated carbocycles. The Balaban J connectivity index is 1.79. The van der Waals surface area contributed by atoms with Crippen molar-refractivity contribution in [2.45, 2.75) is 26.9 Å². The molecule has 4 nitrogen and oxygen atoms in total. The molecule has 24 heavy (non-hydrogen) atoms. The third kappa shape index (κ3) is 5.01. The Morgan fingerprint density at radius 2 is 1.88 bits per heavy atom. The standard InChI is InChI=1S/C20H26N2O2/c1-15-10-11-19(16(2)14-15)24-17(3)20(23)21-12-13-22(4)18-8-6-5-7-9-18/h5-11,14,17H,12-13H2,1-4H3,(H,21,23)/t17-/m1/s1. The minimum Gasteiger partial charge on any atom is -0.481 e. The van der Waals surface area contributed by atoms with Crippen molar-refractivity contribution in [3.63, 3.8) is 0 Å². The van der Waals surface area contributed by atoms with E-state index in [4.69, 9.17) is 4.74 Å². The summed E-state index contributed by atoms with van der Waals surface area (Å²) in [4.78, 5) is 14.3. The topological polar surface area (TPSA) is 41.6 Å². The monoisotopic (exact) mass is 326 g/mol. The van der Waals surface area contributed by atoms with Gasteiger partial charge in [0, 0.05) is 25.8 Å². The summed E-state index contributed by atoms with van der Waals surface area (Å²) in [5, 5.41) is 2.93. The van der Waals surface area contributed by atoms with Crippen LogP contribution >= 0.6 is 0 Å². The molecule has 0 aliphatic rings. The maximum atomic E-state index is 12.2. The van der Waals surface area contributed by atoms with E-state index in [1.54, 1.807) is 6.92 Å². The highest BCUT2D eigenvalue weighted by Crippen LogP contribution is 2.20. The molecular formula is C20H26N2O2. The number of anilines is 1. The van der Waals surface area contributed by atoms with Crippen molar-refractivity contribution in [3.8, 4) is 5.75 Å². The molecule has 0 bridgehead atoms. The van der Waals surface area contributed by atoms with Crippen LogP contribution in [0.1, 0.15) is 18.1 Å². The van der Waals surface area contributed by atoms with Gasteiger partial charge in [0.05, 0.1) is 0 Å². The van der Waals surface area contributed by atoms with E-state index in [0.29, 0.717) is 6.54 Å². The molecule has 1 amide bonds. The Morgan fingerprint density at radius 3 is 2.54 bits per heavy atom. The van der Waals surface area contributed by atoms with Crippen molar-refractivity contribution >= 4 is 11.6 Å². The number of aryl methyl sites for hydroxylation is 2. The van der Waals surface area contributed by atoms with Crippen molar-refractivity contribution in [2.24, 2.45) is 0 Å². The van der Waals surface area contributed by atoms with E-state index in [2.05, 4.69) is 16.3 Å². The Morgan fingerprint density at radius 1 is 1.17 bits per heavy atom. The smallest absolute Gasteiger partial charge is 0.260 e. The number of benzene rings is 2. The van der Waals surface area contributed by atoms with Crippen LogP contribution in [0.3, 0.4) is 0 Å². The molecule has 4 heteroatoms. The molecule has 0 aliphatic carbocycles. The number of carbonyl (C=O) groups excluding carboxylic acids is 1. The summed E-state index contributed by atoms with van der Waals surface area (Å²) in [6.07, 6.45) is -0.520. The number of nitrogens with one attached hydrogen (secondary N) is 1. The number of amides is 1. The van der Waals surface area contributed by atoms with E-state index >= 15 is 0 Å². The highest BCUT2D eigenvalue weighted by atomic mass is 16.5. The highest BCUT2D eigenvalue weighted by Gasteiger charge is 2.15. The minimum atomic E-state index is -0.520. The van der Waals surface area contributed by atoms with Crippen molar-refractivity contribution < 1.29 is 9.53 Å². The second kappa shape index (κ2) is 8.39. The van der Waals surface area contributed by atoms with E-state index < -0.39 is 6.10 Å². The normalized spacial score (nSPS) is 11.7. The Labute approximate surface area is 144 Å². The SMILES string of the molecule is Cc1ccc(O[C@H](C)C(=O)NCCN(C)c2ccccc2)c(C)c1. The molecule has 1 atom stereocenters. The van der Waals surface area contributed by atoms with Gasteiger partial charge in [-0.05, 0) is 44.5 Å². The highest BCUT2D eigenvalue weighted by molar-refractivity contribution is 5.80. The molecule has 1 N–H and O–H groups in total. The van der Waals surface area contributed by atoms with Gasteiger partial charge in [0.25, 0.3) is 5.91 Å². The second-order valence-electron chi connectivity index (χ2n) is 6.08. The molecular weight excluding hydrogens is 300 g/mol. The minimum absolute atomic E-state index is 0.101. The van der Waals surface area contributed by atoms with Crippen molar-refractivity contribution in [3.05, 3.63) is 59.7 Å². The van der Waals surface area contributed by atoms with Crippen molar-refractivity contribution in [2.75, 3.05) is 25.0 Å². The molecule has 2 aromatic carbocycles. The van der Waals surface area contributed by atoms with Gasteiger partial charge >= 0.3 is 0 Å². The molecule has 0 saturated heterocycles. The average Bonchev–Trinajstić information content (AvgIpc) is 2.57. The van der Waals surface area contributed by atoms with Crippen LogP contribution in [0, 0.1) is 13.8 Å². The van der Waals surface area contributed by atoms with Gasteiger partial charge in [0.2, 0.25) is 0 Å². The maximum absolute atomic E-state index is 12.2. The maximum Gasteiger partial charge on any atom is 0.260 e. The number of ether oxygens (including phenoxy) is 1. The van der Waals surface area contributed by atoms with Crippen molar-refractivity contribution in [1.29, 1.82) is 0 Å². The first kappa shape index (κ1) is 17.9. The number of para-hydroxylation sites is 1. The van der Waals surface area contributed by atoms with Crippen LogP contribution in [-0.2, 0) is 4.79 Å².